The van der Waals surface area contributed by atoms with Crippen LogP contribution in [-0.2, 0) is 6.54 Å². The number of imidazole rings is 1. The van der Waals surface area contributed by atoms with E-state index in [1.807, 2.05) is 34.5 Å². The molecule has 2 aromatic rings. The smallest absolute Gasteiger partial charge is 0.306 e. The summed E-state index contributed by atoms with van der Waals surface area (Å²) in [5.74, 6) is 1.23. The second-order valence-electron chi connectivity index (χ2n) is 4.34. The molecule has 1 aliphatic rings. The third kappa shape index (κ3) is 2.18. The number of aromatic nitrogens is 2. The Labute approximate surface area is 112 Å². The molecule has 1 aromatic heterocycles. The fourth-order valence-electron chi connectivity index (χ4n) is 2.30. The summed E-state index contributed by atoms with van der Waals surface area (Å²) in [7, 11) is 0. The van der Waals surface area contributed by atoms with Gasteiger partial charge in [0.25, 0.3) is 0 Å². The molecule has 0 radical (unpaired) electrons. The van der Waals surface area contributed by atoms with E-state index in [0.717, 1.165) is 22.1 Å². The fraction of sp³-hybridized carbons (Fsp3) is 0.417. The third-order valence-corrected chi connectivity index (χ3v) is 5.02. The van der Waals surface area contributed by atoms with Crippen molar-refractivity contribution in [2.24, 2.45) is 0 Å². The Kier molecular flexibility index (Phi) is 3.04. The standard InChI is InChI=1S/C12H13BrN2OS/c13-8-3-4-10-11(6-8)15(12(16)14-10)7-9-2-1-5-17-9/h3-4,6,9H,1-2,5,7H2,(H,14,16). The molecule has 1 atom stereocenters. The van der Waals surface area contributed by atoms with E-state index in [4.69, 9.17) is 0 Å². The Morgan fingerprint density at radius 2 is 2.41 bits per heavy atom. The highest BCUT2D eigenvalue weighted by Crippen LogP contribution is 2.28. The summed E-state index contributed by atoms with van der Waals surface area (Å²) in [4.78, 5) is 14.8. The number of aromatic amines is 1. The summed E-state index contributed by atoms with van der Waals surface area (Å²) in [5, 5.41) is 0.589. The van der Waals surface area contributed by atoms with Gasteiger partial charge in [0.05, 0.1) is 11.0 Å². The molecule has 17 heavy (non-hydrogen) atoms. The average Bonchev–Trinajstić information content (AvgIpc) is 2.90. The van der Waals surface area contributed by atoms with Crippen LogP contribution in [0.25, 0.3) is 11.0 Å². The molecule has 3 nitrogen and oxygen atoms in total. The van der Waals surface area contributed by atoms with E-state index in [-0.39, 0.29) is 5.69 Å². The predicted molar refractivity (Wildman–Crippen MR) is 75.7 cm³/mol. The molecule has 1 unspecified atom stereocenters. The van der Waals surface area contributed by atoms with Gasteiger partial charge in [0.2, 0.25) is 0 Å². The molecule has 1 aromatic carbocycles. The van der Waals surface area contributed by atoms with Crippen molar-refractivity contribution in [3.05, 3.63) is 33.2 Å². The average molecular weight is 313 g/mol. The summed E-state index contributed by atoms with van der Waals surface area (Å²) in [5.41, 5.74) is 1.92. The zero-order chi connectivity index (χ0) is 11.8. The number of nitrogens with one attached hydrogen (secondary N) is 1. The highest BCUT2D eigenvalue weighted by atomic mass is 79.9. The van der Waals surface area contributed by atoms with E-state index >= 15 is 0 Å². The number of nitrogens with zero attached hydrogens (tertiary/aromatic N) is 1. The highest BCUT2D eigenvalue weighted by Gasteiger charge is 2.18. The predicted octanol–water partition coefficient (Wildman–Crippen LogP) is 2.99. The lowest BCUT2D eigenvalue weighted by Gasteiger charge is -2.09. The lowest BCUT2D eigenvalue weighted by Crippen LogP contribution is -2.21. The number of benzene rings is 1. The zero-order valence-corrected chi connectivity index (χ0v) is 11.7. The third-order valence-electron chi connectivity index (χ3n) is 3.15. The number of fused-ring (bicyclic) bond motifs is 1. The molecule has 0 bridgehead atoms. The summed E-state index contributed by atoms with van der Waals surface area (Å²) in [6.07, 6.45) is 2.49. The van der Waals surface area contributed by atoms with E-state index in [1.54, 1.807) is 0 Å². The van der Waals surface area contributed by atoms with Crippen molar-refractivity contribution in [2.75, 3.05) is 5.75 Å². The molecule has 0 amide bonds. The molecule has 90 valence electrons. The minimum atomic E-state index is 0.00519. The van der Waals surface area contributed by atoms with Crippen LogP contribution in [0.1, 0.15) is 12.8 Å². The summed E-state index contributed by atoms with van der Waals surface area (Å²) >= 11 is 5.43. The molecule has 0 spiro atoms. The SMILES string of the molecule is O=c1[nH]c2ccc(Br)cc2n1CC1CCCS1. The van der Waals surface area contributed by atoms with Gasteiger partial charge in [-0.3, -0.25) is 4.57 Å². The topological polar surface area (TPSA) is 37.8 Å². The van der Waals surface area contributed by atoms with Gasteiger partial charge in [-0.15, -0.1) is 0 Å². The van der Waals surface area contributed by atoms with E-state index < -0.39 is 0 Å². The first-order valence-electron chi connectivity index (χ1n) is 5.74. The molecule has 1 aliphatic heterocycles. The van der Waals surface area contributed by atoms with Crippen LogP contribution in [0, 0.1) is 0 Å². The van der Waals surface area contributed by atoms with Crippen LogP contribution in [0.2, 0.25) is 0 Å². The van der Waals surface area contributed by atoms with Gasteiger partial charge in [0, 0.05) is 16.3 Å². The second kappa shape index (κ2) is 4.53. The second-order valence-corrected chi connectivity index (χ2v) is 6.66. The van der Waals surface area contributed by atoms with Crippen LogP contribution >= 0.6 is 27.7 Å². The Hall–Kier alpha value is -0.680. The Morgan fingerprint density at radius 1 is 1.53 bits per heavy atom. The monoisotopic (exact) mass is 312 g/mol. The summed E-state index contributed by atoms with van der Waals surface area (Å²) < 4.78 is 2.88. The van der Waals surface area contributed by atoms with Gasteiger partial charge in [-0.1, -0.05) is 15.9 Å². The minimum absolute atomic E-state index is 0.00519. The van der Waals surface area contributed by atoms with Gasteiger partial charge in [-0.2, -0.15) is 11.8 Å². The molecule has 1 saturated heterocycles. The molecule has 0 saturated carbocycles. The van der Waals surface area contributed by atoms with Crippen LogP contribution in [0.5, 0.6) is 0 Å². The van der Waals surface area contributed by atoms with Crippen molar-refractivity contribution in [2.45, 2.75) is 24.6 Å². The maximum Gasteiger partial charge on any atom is 0.326 e. The van der Waals surface area contributed by atoms with Crippen LogP contribution in [0.4, 0.5) is 0 Å². The normalized spacial score (nSPS) is 20.2. The summed E-state index contributed by atoms with van der Waals surface area (Å²) in [6.45, 7) is 0.819. The molecule has 1 N–H and O–H groups in total. The van der Waals surface area contributed by atoms with Crippen molar-refractivity contribution in [1.82, 2.24) is 9.55 Å². The molecule has 3 rings (SSSR count). The van der Waals surface area contributed by atoms with Crippen LogP contribution in [-0.4, -0.2) is 20.6 Å². The van der Waals surface area contributed by atoms with Crippen molar-refractivity contribution in [3.8, 4) is 0 Å². The Bertz CT molecular complexity index is 598. The Morgan fingerprint density at radius 3 is 3.18 bits per heavy atom. The van der Waals surface area contributed by atoms with Crippen LogP contribution in [0.15, 0.2) is 27.5 Å². The minimum Gasteiger partial charge on any atom is -0.306 e. The van der Waals surface area contributed by atoms with Crippen molar-refractivity contribution in [1.29, 1.82) is 0 Å². The quantitative estimate of drug-likeness (QED) is 0.925. The summed E-state index contributed by atoms with van der Waals surface area (Å²) in [6, 6.07) is 5.90. The lowest BCUT2D eigenvalue weighted by atomic mass is 10.2. The molecule has 2 heterocycles. The maximum atomic E-state index is 11.9. The lowest BCUT2D eigenvalue weighted by molar-refractivity contribution is 0.636. The van der Waals surface area contributed by atoms with Crippen LogP contribution in [0.3, 0.4) is 0 Å². The van der Waals surface area contributed by atoms with Gasteiger partial charge in [-0.25, -0.2) is 4.79 Å². The van der Waals surface area contributed by atoms with Gasteiger partial charge < -0.3 is 4.98 Å². The first-order chi connectivity index (χ1) is 8.24. The number of thioether (sulfide) groups is 1. The molecular weight excluding hydrogens is 300 g/mol. The van der Waals surface area contributed by atoms with Crippen molar-refractivity contribution >= 4 is 38.7 Å². The maximum absolute atomic E-state index is 11.9. The molecule has 1 fully saturated rings. The first kappa shape index (κ1) is 11.4. The van der Waals surface area contributed by atoms with E-state index in [9.17, 15) is 4.79 Å². The molecule has 5 heteroatoms. The Balaban J connectivity index is 2.04. The van der Waals surface area contributed by atoms with Gasteiger partial charge in [0.15, 0.2) is 0 Å². The van der Waals surface area contributed by atoms with Crippen LogP contribution < -0.4 is 5.69 Å². The van der Waals surface area contributed by atoms with E-state index in [2.05, 4.69) is 20.9 Å². The number of hydrogen-bond donors (Lipinski definition) is 1. The van der Waals surface area contributed by atoms with E-state index in [0.29, 0.717) is 5.25 Å². The number of H-pyrrole nitrogens is 1. The first-order valence-corrected chi connectivity index (χ1v) is 7.58. The highest BCUT2D eigenvalue weighted by molar-refractivity contribution is 9.10. The molecule has 0 aliphatic carbocycles. The van der Waals surface area contributed by atoms with Crippen molar-refractivity contribution in [3.63, 3.8) is 0 Å². The van der Waals surface area contributed by atoms with Gasteiger partial charge in [-0.05, 0) is 36.8 Å². The van der Waals surface area contributed by atoms with Gasteiger partial charge in [0.1, 0.15) is 0 Å². The zero-order valence-electron chi connectivity index (χ0n) is 9.28. The van der Waals surface area contributed by atoms with Crippen molar-refractivity contribution < 1.29 is 0 Å². The number of halogens is 1. The fourth-order valence-corrected chi connectivity index (χ4v) is 3.90. The number of rotatable bonds is 2. The van der Waals surface area contributed by atoms with E-state index in [1.165, 1.54) is 18.6 Å². The largest absolute Gasteiger partial charge is 0.326 e. The number of hydrogen-bond acceptors (Lipinski definition) is 2. The molecular formula is C12H13BrN2OS. The van der Waals surface area contributed by atoms with Gasteiger partial charge >= 0.3 is 5.69 Å².